The first-order valence-corrected chi connectivity index (χ1v) is 7.72. The summed E-state index contributed by atoms with van der Waals surface area (Å²) >= 11 is 6.09. The van der Waals surface area contributed by atoms with Gasteiger partial charge in [-0.25, -0.2) is 0 Å². The fraction of sp³-hybridized carbons (Fsp3) is 0.333. The summed E-state index contributed by atoms with van der Waals surface area (Å²) in [5, 5.41) is 4.28. The van der Waals surface area contributed by atoms with Gasteiger partial charge in [0.05, 0.1) is 18.2 Å². The maximum Gasteiger partial charge on any atom is 0.139 e. The number of ether oxygens (including phenoxy) is 1. The van der Waals surface area contributed by atoms with Gasteiger partial charge in [-0.3, -0.25) is 0 Å². The summed E-state index contributed by atoms with van der Waals surface area (Å²) in [5.41, 5.74) is 3.69. The van der Waals surface area contributed by atoms with Crippen LogP contribution in [-0.4, -0.2) is 7.11 Å². The van der Waals surface area contributed by atoms with Crippen molar-refractivity contribution in [2.45, 2.75) is 25.8 Å². The molecule has 0 saturated heterocycles. The molecule has 3 heteroatoms. The summed E-state index contributed by atoms with van der Waals surface area (Å²) < 4.78 is 5.29. The van der Waals surface area contributed by atoms with Gasteiger partial charge >= 0.3 is 0 Å². The van der Waals surface area contributed by atoms with Crippen LogP contribution in [0, 0.1) is 12.8 Å². The van der Waals surface area contributed by atoms with Crippen molar-refractivity contribution in [1.82, 2.24) is 0 Å². The number of methoxy groups -OCH3 is 1. The molecule has 110 valence electrons. The van der Waals surface area contributed by atoms with Crippen molar-refractivity contribution in [1.29, 1.82) is 0 Å². The number of halogens is 1. The van der Waals surface area contributed by atoms with E-state index < -0.39 is 0 Å². The van der Waals surface area contributed by atoms with Crippen molar-refractivity contribution >= 4 is 17.3 Å². The minimum absolute atomic E-state index is 0.358. The van der Waals surface area contributed by atoms with Crippen molar-refractivity contribution in [3.8, 4) is 5.75 Å². The Balaban J connectivity index is 1.84. The van der Waals surface area contributed by atoms with Gasteiger partial charge in [-0.05, 0) is 43.4 Å². The van der Waals surface area contributed by atoms with Gasteiger partial charge in [-0.15, -0.1) is 0 Å². The lowest BCUT2D eigenvalue weighted by Gasteiger charge is -2.21. The first-order chi connectivity index (χ1) is 10.2. The molecule has 1 aliphatic carbocycles. The highest BCUT2D eigenvalue weighted by atomic mass is 35.5. The summed E-state index contributed by atoms with van der Waals surface area (Å²) in [6, 6.07) is 15.0. The Bertz CT molecular complexity index is 620. The monoisotopic (exact) mass is 301 g/mol. The van der Waals surface area contributed by atoms with E-state index >= 15 is 0 Å². The fourth-order valence-corrected chi connectivity index (χ4v) is 2.80. The molecule has 0 bridgehead atoms. The van der Waals surface area contributed by atoms with Gasteiger partial charge in [0.15, 0.2) is 0 Å². The topological polar surface area (TPSA) is 21.3 Å². The van der Waals surface area contributed by atoms with Crippen molar-refractivity contribution in [3.05, 3.63) is 58.6 Å². The van der Waals surface area contributed by atoms with Gasteiger partial charge in [0.25, 0.3) is 0 Å². The maximum atomic E-state index is 6.09. The van der Waals surface area contributed by atoms with Crippen LogP contribution in [0.25, 0.3) is 0 Å². The van der Waals surface area contributed by atoms with E-state index in [4.69, 9.17) is 16.3 Å². The molecule has 1 aliphatic rings. The highest BCUT2D eigenvalue weighted by molar-refractivity contribution is 6.32. The molecular weight excluding hydrogens is 282 g/mol. The third-order valence-corrected chi connectivity index (χ3v) is 4.32. The van der Waals surface area contributed by atoms with Crippen LogP contribution in [0.1, 0.15) is 30.0 Å². The third kappa shape index (κ3) is 3.33. The van der Waals surface area contributed by atoms with E-state index in [9.17, 15) is 0 Å². The molecule has 1 atom stereocenters. The summed E-state index contributed by atoms with van der Waals surface area (Å²) in [7, 11) is 1.64. The minimum atomic E-state index is 0.358. The largest absolute Gasteiger partial charge is 0.495 e. The Morgan fingerprint density at radius 1 is 1.14 bits per heavy atom. The van der Waals surface area contributed by atoms with E-state index in [0.717, 1.165) is 11.6 Å². The molecule has 2 nitrogen and oxygen atoms in total. The molecule has 2 aromatic carbocycles. The highest BCUT2D eigenvalue weighted by Gasteiger charge is 2.32. The summed E-state index contributed by atoms with van der Waals surface area (Å²) in [4.78, 5) is 0. The van der Waals surface area contributed by atoms with Crippen LogP contribution in [0.4, 0.5) is 5.69 Å². The number of rotatable bonds is 5. The van der Waals surface area contributed by atoms with Crippen molar-refractivity contribution in [2.24, 2.45) is 5.92 Å². The maximum absolute atomic E-state index is 6.09. The molecule has 1 saturated carbocycles. The molecule has 0 aromatic heterocycles. The van der Waals surface area contributed by atoms with Gasteiger partial charge in [-0.2, -0.15) is 0 Å². The van der Waals surface area contributed by atoms with Crippen LogP contribution in [0.5, 0.6) is 5.75 Å². The molecule has 1 fully saturated rings. The molecule has 1 N–H and O–H groups in total. The lowest BCUT2D eigenvalue weighted by Crippen LogP contribution is -2.13. The van der Waals surface area contributed by atoms with Crippen molar-refractivity contribution in [3.63, 3.8) is 0 Å². The SMILES string of the molecule is COc1cc(NC(c2ccc(C)cc2)C2CC2)ccc1Cl. The van der Waals surface area contributed by atoms with Gasteiger partial charge in [-0.1, -0.05) is 41.4 Å². The van der Waals surface area contributed by atoms with Crippen LogP contribution in [0.3, 0.4) is 0 Å². The number of nitrogens with one attached hydrogen (secondary N) is 1. The number of anilines is 1. The quantitative estimate of drug-likeness (QED) is 0.817. The van der Waals surface area contributed by atoms with Crippen LogP contribution in [-0.2, 0) is 0 Å². The molecule has 0 spiro atoms. The van der Waals surface area contributed by atoms with E-state index in [1.54, 1.807) is 7.11 Å². The Hall–Kier alpha value is -1.67. The molecule has 3 rings (SSSR count). The van der Waals surface area contributed by atoms with Gasteiger partial charge in [0.2, 0.25) is 0 Å². The third-order valence-electron chi connectivity index (χ3n) is 4.00. The smallest absolute Gasteiger partial charge is 0.139 e. The second-order valence-electron chi connectivity index (χ2n) is 5.72. The average Bonchev–Trinajstić information content (AvgIpc) is 3.32. The molecule has 2 aromatic rings. The first kappa shape index (κ1) is 14.3. The Morgan fingerprint density at radius 3 is 2.48 bits per heavy atom. The van der Waals surface area contributed by atoms with Crippen LogP contribution >= 0.6 is 11.6 Å². The highest BCUT2D eigenvalue weighted by Crippen LogP contribution is 2.43. The Labute approximate surface area is 131 Å². The second-order valence-corrected chi connectivity index (χ2v) is 6.13. The van der Waals surface area contributed by atoms with E-state index in [0.29, 0.717) is 16.8 Å². The second kappa shape index (κ2) is 5.98. The van der Waals surface area contributed by atoms with Crippen molar-refractivity contribution in [2.75, 3.05) is 12.4 Å². The van der Waals surface area contributed by atoms with E-state index in [-0.39, 0.29) is 0 Å². The molecule has 1 unspecified atom stereocenters. The van der Waals surface area contributed by atoms with E-state index in [1.165, 1.54) is 24.0 Å². The van der Waals surface area contributed by atoms with Crippen LogP contribution in [0.2, 0.25) is 5.02 Å². The normalized spacial score (nSPS) is 15.6. The summed E-state index contributed by atoms with van der Waals surface area (Å²) in [6.45, 7) is 2.12. The standard InChI is InChI=1S/C18H20ClNO/c1-12-3-5-13(6-4-12)18(14-7-8-14)20-15-9-10-16(19)17(11-15)21-2/h3-6,9-11,14,18,20H,7-8H2,1-2H3. The van der Waals surface area contributed by atoms with Crippen molar-refractivity contribution < 1.29 is 4.74 Å². The zero-order valence-electron chi connectivity index (χ0n) is 12.4. The van der Waals surface area contributed by atoms with E-state index in [1.807, 2.05) is 18.2 Å². The summed E-state index contributed by atoms with van der Waals surface area (Å²) in [5.74, 6) is 1.43. The minimum Gasteiger partial charge on any atom is -0.495 e. The number of aryl methyl sites for hydroxylation is 1. The summed E-state index contributed by atoms with van der Waals surface area (Å²) in [6.07, 6.45) is 2.58. The van der Waals surface area contributed by atoms with Gasteiger partial charge < -0.3 is 10.1 Å². The van der Waals surface area contributed by atoms with Crippen LogP contribution < -0.4 is 10.1 Å². The predicted molar refractivity (Wildman–Crippen MR) is 88.3 cm³/mol. The zero-order chi connectivity index (χ0) is 14.8. The van der Waals surface area contributed by atoms with Gasteiger partial charge in [0.1, 0.15) is 5.75 Å². The Kier molecular flexibility index (Phi) is 4.07. The molecular formula is C18H20ClNO. The zero-order valence-corrected chi connectivity index (χ0v) is 13.2. The molecule has 0 radical (unpaired) electrons. The van der Waals surface area contributed by atoms with Gasteiger partial charge in [0, 0.05) is 11.8 Å². The molecule has 0 amide bonds. The molecule has 0 aliphatic heterocycles. The number of benzene rings is 2. The Morgan fingerprint density at radius 2 is 1.86 bits per heavy atom. The first-order valence-electron chi connectivity index (χ1n) is 7.34. The van der Waals surface area contributed by atoms with E-state index in [2.05, 4.69) is 36.5 Å². The predicted octanol–water partition coefficient (Wildman–Crippen LogP) is 5.22. The lowest BCUT2D eigenvalue weighted by atomic mass is 10.0. The fourth-order valence-electron chi connectivity index (χ4n) is 2.61. The number of hydrogen-bond donors (Lipinski definition) is 1. The van der Waals surface area contributed by atoms with Crippen LogP contribution in [0.15, 0.2) is 42.5 Å². The molecule has 21 heavy (non-hydrogen) atoms. The lowest BCUT2D eigenvalue weighted by molar-refractivity contribution is 0.415. The molecule has 0 heterocycles. The average molecular weight is 302 g/mol. The number of hydrogen-bond acceptors (Lipinski definition) is 2.